The lowest BCUT2D eigenvalue weighted by Crippen LogP contribution is -2.36. The average Bonchev–Trinajstić information content (AvgIpc) is 3.30. The smallest absolute Gasteiger partial charge is 0.223 e. The Kier molecular flexibility index (Phi) is 5.76. The molecule has 5 rings (SSSR count). The molecule has 1 N–H and O–H groups in total. The highest BCUT2D eigenvalue weighted by Gasteiger charge is 2.17. The molecule has 0 atom stereocenters. The largest absolute Gasteiger partial charge is 0.378 e. The van der Waals surface area contributed by atoms with E-state index in [4.69, 9.17) is 14.2 Å². The van der Waals surface area contributed by atoms with Crippen LogP contribution in [-0.4, -0.2) is 46.4 Å². The monoisotopic (exact) mass is 428 g/mol. The normalized spacial score (nSPS) is 13.8. The van der Waals surface area contributed by atoms with Gasteiger partial charge in [0.15, 0.2) is 5.76 Å². The average molecular weight is 428 g/mol. The number of nitrogens with zero attached hydrogens (tertiary/aromatic N) is 5. The molecule has 0 radical (unpaired) electrons. The van der Waals surface area contributed by atoms with Gasteiger partial charge in [0.1, 0.15) is 5.82 Å². The molecule has 162 valence electrons. The Morgan fingerprint density at radius 1 is 1.00 bits per heavy atom. The number of nitrogens with one attached hydrogen (secondary N) is 1. The number of pyridine rings is 1. The SMILES string of the molecule is Cc1cc(-c2cnc(NCc3ccccc3)nc2-c2ccc(N3CCOCC3)nc2)on1. The molecule has 0 aliphatic carbocycles. The van der Waals surface area contributed by atoms with Gasteiger partial charge in [0.05, 0.1) is 30.2 Å². The minimum Gasteiger partial charge on any atom is -0.378 e. The van der Waals surface area contributed by atoms with Crippen molar-refractivity contribution >= 4 is 11.8 Å². The van der Waals surface area contributed by atoms with E-state index in [1.165, 1.54) is 0 Å². The third kappa shape index (κ3) is 4.45. The second-order valence-corrected chi connectivity index (χ2v) is 7.63. The molecule has 0 bridgehead atoms. The molecular weight excluding hydrogens is 404 g/mol. The van der Waals surface area contributed by atoms with Crippen LogP contribution in [0, 0.1) is 6.92 Å². The zero-order chi connectivity index (χ0) is 21.8. The maximum Gasteiger partial charge on any atom is 0.223 e. The summed E-state index contributed by atoms with van der Waals surface area (Å²) in [5.41, 5.74) is 4.36. The van der Waals surface area contributed by atoms with E-state index < -0.39 is 0 Å². The Labute approximate surface area is 186 Å². The molecule has 8 heteroatoms. The number of ether oxygens (including phenoxy) is 1. The molecule has 0 amide bonds. The Bertz CT molecular complexity index is 1170. The van der Waals surface area contributed by atoms with Gasteiger partial charge in [0.2, 0.25) is 5.95 Å². The van der Waals surface area contributed by atoms with Crippen LogP contribution in [0.25, 0.3) is 22.6 Å². The molecule has 1 saturated heterocycles. The van der Waals surface area contributed by atoms with Crippen molar-refractivity contribution in [3.8, 4) is 22.6 Å². The molecule has 1 aromatic carbocycles. The van der Waals surface area contributed by atoms with E-state index in [1.54, 1.807) is 6.20 Å². The van der Waals surface area contributed by atoms with Crippen LogP contribution in [0.4, 0.5) is 11.8 Å². The van der Waals surface area contributed by atoms with Gasteiger partial charge >= 0.3 is 0 Å². The van der Waals surface area contributed by atoms with Crippen LogP contribution in [-0.2, 0) is 11.3 Å². The number of benzene rings is 1. The zero-order valence-electron chi connectivity index (χ0n) is 17.9. The van der Waals surface area contributed by atoms with E-state index >= 15 is 0 Å². The Morgan fingerprint density at radius 3 is 2.56 bits per heavy atom. The van der Waals surface area contributed by atoms with Crippen molar-refractivity contribution in [3.63, 3.8) is 0 Å². The first-order valence-corrected chi connectivity index (χ1v) is 10.6. The summed E-state index contributed by atoms with van der Waals surface area (Å²) in [5, 5.41) is 7.33. The van der Waals surface area contributed by atoms with Gasteiger partial charge in [-0.2, -0.15) is 0 Å². The molecule has 4 heterocycles. The topological polar surface area (TPSA) is 89.2 Å². The van der Waals surface area contributed by atoms with Crippen molar-refractivity contribution in [2.24, 2.45) is 0 Å². The van der Waals surface area contributed by atoms with E-state index in [2.05, 4.69) is 37.5 Å². The van der Waals surface area contributed by atoms with Crippen LogP contribution in [0.1, 0.15) is 11.3 Å². The summed E-state index contributed by atoms with van der Waals surface area (Å²) in [5.74, 6) is 2.11. The van der Waals surface area contributed by atoms with Crippen molar-refractivity contribution in [3.05, 3.63) is 72.2 Å². The number of aromatic nitrogens is 4. The number of hydrogen-bond donors (Lipinski definition) is 1. The second-order valence-electron chi connectivity index (χ2n) is 7.63. The first-order valence-electron chi connectivity index (χ1n) is 10.6. The number of rotatable bonds is 6. The Balaban J connectivity index is 1.46. The summed E-state index contributed by atoms with van der Waals surface area (Å²) >= 11 is 0. The third-order valence-electron chi connectivity index (χ3n) is 5.33. The molecule has 0 saturated carbocycles. The second kappa shape index (κ2) is 9.15. The standard InChI is InChI=1S/C24H24N6O2/c1-17-13-21(32-29-17)20-16-27-24(26-14-18-5-3-2-4-6-18)28-23(20)19-7-8-22(25-15-19)30-9-11-31-12-10-30/h2-8,13,15-16H,9-12,14H2,1H3,(H,26,27,28). The van der Waals surface area contributed by atoms with Crippen LogP contribution in [0.2, 0.25) is 0 Å². The van der Waals surface area contributed by atoms with Gasteiger partial charge in [-0.25, -0.2) is 15.0 Å². The van der Waals surface area contributed by atoms with Gasteiger partial charge < -0.3 is 19.5 Å². The number of hydrogen-bond acceptors (Lipinski definition) is 8. The maximum atomic E-state index is 5.51. The Hall–Kier alpha value is -3.78. The van der Waals surface area contributed by atoms with Crippen molar-refractivity contribution in [1.82, 2.24) is 20.1 Å². The minimum atomic E-state index is 0.543. The van der Waals surface area contributed by atoms with Crippen LogP contribution in [0.3, 0.4) is 0 Å². The molecule has 3 aromatic heterocycles. The quantitative estimate of drug-likeness (QED) is 0.494. The van der Waals surface area contributed by atoms with Gasteiger partial charge in [-0.05, 0) is 24.6 Å². The molecule has 4 aromatic rings. The van der Waals surface area contributed by atoms with Gasteiger partial charge in [-0.15, -0.1) is 0 Å². The van der Waals surface area contributed by atoms with Crippen molar-refractivity contribution in [2.45, 2.75) is 13.5 Å². The Morgan fingerprint density at radius 2 is 1.84 bits per heavy atom. The molecule has 8 nitrogen and oxygen atoms in total. The van der Waals surface area contributed by atoms with Crippen LogP contribution in [0.5, 0.6) is 0 Å². The van der Waals surface area contributed by atoms with E-state index in [0.717, 1.165) is 60.2 Å². The fourth-order valence-corrected chi connectivity index (χ4v) is 3.64. The molecule has 1 fully saturated rings. The lowest BCUT2D eigenvalue weighted by molar-refractivity contribution is 0.122. The number of morpholine rings is 1. The minimum absolute atomic E-state index is 0.543. The highest BCUT2D eigenvalue weighted by atomic mass is 16.5. The van der Waals surface area contributed by atoms with Crippen LogP contribution in [0.15, 0.2) is 65.4 Å². The van der Waals surface area contributed by atoms with Crippen molar-refractivity contribution < 1.29 is 9.26 Å². The van der Waals surface area contributed by atoms with Crippen LogP contribution >= 0.6 is 0 Å². The third-order valence-corrected chi connectivity index (χ3v) is 5.33. The first kappa shape index (κ1) is 20.1. The summed E-state index contributed by atoms with van der Waals surface area (Å²) in [6, 6.07) is 16.1. The summed E-state index contributed by atoms with van der Waals surface area (Å²) in [6.45, 7) is 5.66. The molecule has 1 aliphatic heterocycles. The van der Waals surface area contributed by atoms with Crippen LogP contribution < -0.4 is 10.2 Å². The summed E-state index contributed by atoms with van der Waals surface area (Å²) in [6.07, 6.45) is 3.62. The number of anilines is 2. The fraction of sp³-hybridized carbons (Fsp3) is 0.250. The predicted octanol–water partition coefficient (Wildman–Crippen LogP) is 3.95. The lowest BCUT2D eigenvalue weighted by atomic mass is 10.1. The van der Waals surface area contributed by atoms with Gasteiger partial charge in [0, 0.05) is 43.7 Å². The van der Waals surface area contributed by atoms with Crippen molar-refractivity contribution in [1.29, 1.82) is 0 Å². The van der Waals surface area contributed by atoms with E-state index in [9.17, 15) is 0 Å². The first-order chi connectivity index (χ1) is 15.8. The summed E-state index contributed by atoms with van der Waals surface area (Å²) < 4.78 is 10.9. The van der Waals surface area contributed by atoms with Gasteiger partial charge in [-0.1, -0.05) is 35.5 Å². The highest BCUT2D eigenvalue weighted by Crippen LogP contribution is 2.31. The summed E-state index contributed by atoms with van der Waals surface area (Å²) in [7, 11) is 0. The van der Waals surface area contributed by atoms with Gasteiger partial charge in [0.25, 0.3) is 0 Å². The number of aryl methyl sites for hydroxylation is 1. The van der Waals surface area contributed by atoms with Gasteiger partial charge in [-0.3, -0.25) is 0 Å². The molecule has 32 heavy (non-hydrogen) atoms. The predicted molar refractivity (Wildman–Crippen MR) is 122 cm³/mol. The fourth-order valence-electron chi connectivity index (χ4n) is 3.64. The van der Waals surface area contributed by atoms with E-state index in [0.29, 0.717) is 18.3 Å². The lowest BCUT2D eigenvalue weighted by Gasteiger charge is -2.27. The maximum absolute atomic E-state index is 5.51. The van der Waals surface area contributed by atoms with E-state index in [1.807, 2.05) is 49.5 Å². The molecule has 0 unspecified atom stereocenters. The van der Waals surface area contributed by atoms with E-state index in [-0.39, 0.29) is 0 Å². The van der Waals surface area contributed by atoms with Crippen molar-refractivity contribution in [2.75, 3.05) is 36.5 Å². The molecule has 0 spiro atoms. The molecule has 1 aliphatic rings. The highest BCUT2D eigenvalue weighted by molar-refractivity contribution is 5.78. The summed E-state index contributed by atoms with van der Waals surface area (Å²) in [4.78, 5) is 16.2. The zero-order valence-corrected chi connectivity index (χ0v) is 17.9. The molecular formula is C24H24N6O2.